The van der Waals surface area contributed by atoms with Crippen molar-refractivity contribution in [3.8, 4) is 0 Å². The molecule has 0 N–H and O–H groups in total. The zero-order valence-electron chi connectivity index (χ0n) is 12.1. The molecule has 0 heterocycles. The van der Waals surface area contributed by atoms with Crippen molar-refractivity contribution < 1.29 is 0 Å². The lowest BCUT2D eigenvalue weighted by Crippen LogP contribution is -2.09. The molecule has 2 fully saturated rings. The molecule has 0 nitrogen and oxygen atoms in total. The van der Waals surface area contributed by atoms with E-state index in [4.69, 9.17) is 0 Å². The molecule has 3 rings (SSSR count). The Balaban J connectivity index is 1.54. The van der Waals surface area contributed by atoms with Crippen molar-refractivity contribution in [3.63, 3.8) is 0 Å². The van der Waals surface area contributed by atoms with Crippen LogP contribution in [0.15, 0.2) is 29.2 Å². The average molecular weight is 274 g/mol. The van der Waals surface area contributed by atoms with E-state index in [-0.39, 0.29) is 0 Å². The Kier molecular flexibility index (Phi) is 4.53. The summed E-state index contributed by atoms with van der Waals surface area (Å²) in [5.74, 6) is 1.73. The van der Waals surface area contributed by atoms with Gasteiger partial charge >= 0.3 is 0 Å². The molecule has 2 saturated carbocycles. The lowest BCUT2D eigenvalue weighted by atomic mass is 9.81. The zero-order valence-corrected chi connectivity index (χ0v) is 12.9. The van der Waals surface area contributed by atoms with Crippen LogP contribution in [0.2, 0.25) is 0 Å². The largest absolute Gasteiger partial charge is 0.123 e. The fourth-order valence-corrected chi connectivity index (χ4v) is 4.36. The lowest BCUT2D eigenvalue weighted by Gasteiger charge is -2.24. The Morgan fingerprint density at radius 3 is 2.32 bits per heavy atom. The molecule has 1 atom stereocenters. The van der Waals surface area contributed by atoms with Gasteiger partial charge < -0.3 is 0 Å². The van der Waals surface area contributed by atoms with Gasteiger partial charge in [0.05, 0.1) is 0 Å². The van der Waals surface area contributed by atoms with Crippen molar-refractivity contribution >= 4 is 11.8 Å². The van der Waals surface area contributed by atoms with E-state index < -0.39 is 0 Å². The van der Waals surface area contributed by atoms with E-state index in [1.54, 1.807) is 5.56 Å². The summed E-state index contributed by atoms with van der Waals surface area (Å²) in [6.07, 6.45) is 11.6. The molecule has 0 bridgehead atoms. The van der Waals surface area contributed by atoms with Gasteiger partial charge in [-0.1, -0.05) is 51.2 Å². The Morgan fingerprint density at radius 1 is 1.00 bits per heavy atom. The summed E-state index contributed by atoms with van der Waals surface area (Å²) in [4.78, 5) is 1.47. The minimum Gasteiger partial charge on any atom is -0.123 e. The van der Waals surface area contributed by atoms with Crippen LogP contribution >= 0.6 is 11.8 Å². The summed E-state index contributed by atoms with van der Waals surface area (Å²) in [6.45, 7) is 2.41. The van der Waals surface area contributed by atoms with Gasteiger partial charge in [0.15, 0.2) is 0 Å². The first-order chi connectivity index (χ1) is 9.31. The molecule has 19 heavy (non-hydrogen) atoms. The minimum absolute atomic E-state index is 0.739. The highest BCUT2D eigenvalue weighted by atomic mass is 32.2. The highest BCUT2D eigenvalue weighted by Crippen LogP contribution is 2.39. The maximum atomic E-state index is 2.41. The maximum Gasteiger partial charge on any atom is 0.00952 e. The van der Waals surface area contributed by atoms with E-state index in [9.17, 15) is 0 Å². The number of benzene rings is 1. The van der Waals surface area contributed by atoms with Gasteiger partial charge in [-0.05, 0) is 48.8 Å². The van der Waals surface area contributed by atoms with Gasteiger partial charge in [0.2, 0.25) is 0 Å². The molecule has 1 heteroatoms. The Bertz CT molecular complexity index is 385. The fraction of sp³-hybridized carbons (Fsp3) is 0.667. The predicted octanol–water partition coefficient (Wildman–Crippen LogP) is 6.02. The first kappa shape index (κ1) is 13.5. The SMILES string of the molecule is CC(CC1CCCCC1)c1ccc(SC2CC2)cc1. The second-order valence-corrected chi connectivity index (χ2v) is 7.90. The van der Waals surface area contributed by atoms with Gasteiger partial charge in [-0.2, -0.15) is 0 Å². The van der Waals surface area contributed by atoms with E-state index >= 15 is 0 Å². The van der Waals surface area contributed by atoms with Crippen LogP contribution in [0.25, 0.3) is 0 Å². The average Bonchev–Trinajstić information content (AvgIpc) is 3.25. The molecular weight excluding hydrogens is 248 g/mol. The molecule has 2 aliphatic rings. The van der Waals surface area contributed by atoms with Crippen molar-refractivity contribution in [2.24, 2.45) is 5.92 Å². The van der Waals surface area contributed by atoms with Gasteiger partial charge in [0.25, 0.3) is 0 Å². The van der Waals surface area contributed by atoms with E-state index in [2.05, 4.69) is 43.0 Å². The molecular formula is C18H26S. The number of hydrogen-bond donors (Lipinski definition) is 0. The van der Waals surface area contributed by atoms with E-state index in [1.165, 1.54) is 56.3 Å². The van der Waals surface area contributed by atoms with Crippen LogP contribution in [-0.2, 0) is 0 Å². The summed E-state index contributed by atoms with van der Waals surface area (Å²) < 4.78 is 0. The van der Waals surface area contributed by atoms with E-state index in [0.717, 1.165) is 17.1 Å². The molecule has 2 aliphatic carbocycles. The number of hydrogen-bond acceptors (Lipinski definition) is 1. The summed E-state index contributed by atoms with van der Waals surface area (Å²) in [7, 11) is 0. The van der Waals surface area contributed by atoms with Gasteiger partial charge in [-0.3, -0.25) is 0 Å². The second-order valence-electron chi connectivity index (χ2n) is 6.53. The first-order valence-electron chi connectivity index (χ1n) is 8.08. The highest BCUT2D eigenvalue weighted by molar-refractivity contribution is 8.00. The standard InChI is InChI=1S/C18H26S/c1-14(13-15-5-3-2-4-6-15)16-7-9-17(10-8-16)19-18-11-12-18/h7-10,14-15,18H,2-6,11-13H2,1H3. The molecule has 0 aliphatic heterocycles. The van der Waals surface area contributed by atoms with Crippen LogP contribution in [0, 0.1) is 5.92 Å². The van der Waals surface area contributed by atoms with Crippen LogP contribution in [-0.4, -0.2) is 5.25 Å². The molecule has 1 aromatic rings. The molecule has 1 aromatic carbocycles. The first-order valence-corrected chi connectivity index (χ1v) is 8.96. The van der Waals surface area contributed by atoms with Gasteiger partial charge in [0, 0.05) is 10.1 Å². The summed E-state index contributed by atoms with van der Waals surface area (Å²) in [5, 5.41) is 0.922. The molecule has 0 amide bonds. The van der Waals surface area contributed by atoms with E-state index in [0.29, 0.717) is 0 Å². The van der Waals surface area contributed by atoms with Crippen LogP contribution in [0.4, 0.5) is 0 Å². The second kappa shape index (κ2) is 6.35. The monoisotopic (exact) mass is 274 g/mol. The molecule has 0 aromatic heterocycles. The third-order valence-electron chi connectivity index (χ3n) is 4.69. The molecule has 0 saturated heterocycles. The summed E-state index contributed by atoms with van der Waals surface area (Å²) >= 11 is 2.07. The summed E-state index contributed by atoms with van der Waals surface area (Å²) in [6, 6.07) is 9.43. The van der Waals surface area contributed by atoms with Crippen LogP contribution in [0.1, 0.15) is 69.8 Å². The van der Waals surface area contributed by atoms with Crippen LogP contribution < -0.4 is 0 Å². The van der Waals surface area contributed by atoms with E-state index in [1.807, 2.05) is 0 Å². The minimum atomic E-state index is 0.739. The molecule has 1 unspecified atom stereocenters. The van der Waals surface area contributed by atoms with Gasteiger partial charge in [-0.15, -0.1) is 11.8 Å². The third kappa shape index (κ3) is 4.02. The lowest BCUT2D eigenvalue weighted by molar-refractivity contribution is 0.323. The third-order valence-corrected chi connectivity index (χ3v) is 6.04. The van der Waals surface area contributed by atoms with Gasteiger partial charge in [-0.25, -0.2) is 0 Å². The van der Waals surface area contributed by atoms with Crippen molar-refractivity contribution in [3.05, 3.63) is 29.8 Å². The smallest absolute Gasteiger partial charge is 0.00952 e. The zero-order chi connectivity index (χ0) is 13.1. The van der Waals surface area contributed by atoms with Crippen molar-refractivity contribution in [1.29, 1.82) is 0 Å². The highest BCUT2D eigenvalue weighted by Gasteiger charge is 2.22. The van der Waals surface area contributed by atoms with Crippen molar-refractivity contribution in [1.82, 2.24) is 0 Å². The van der Waals surface area contributed by atoms with Crippen LogP contribution in [0.3, 0.4) is 0 Å². The Labute approximate surface area is 122 Å². The molecule has 0 radical (unpaired) electrons. The number of rotatable bonds is 5. The quantitative estimate of drug-likeness (QED) is 0.633. The van der Waals surface area contributed by atoms with Crippen molar-refractivity contribution in [2.75, 3.05) is 0 Å². The summed E-state index contributed by atoms with van der Waals surface area (Å²) in [5.41, 5.74) is 1.55. The Morgan fingerprint density at radius 2 is 1.68 bits per heavy atom. The maximum absolute atomic E-state index is 2.41. The molecule has 104 valence electrons. The van der Waals surface area contributed by atoms with Gasteiger partial charge in [0.1, 0.15) is 0 Å². The molecule has 0 spiro atoms. The normalized spacial score (nSPS) is 22.4. The Hall–Kier alpha value is -0.430. The number of thioether (sulfide) groups is 1. The van der Waals surface area contributed by atoms with Crippen molar-refractivity contribution in [2.45, 2.75) is 74.4 Å². The van der Waals surface area contributed by atoms with Crippen LogP contribution in [0.5, 0.6) is 0 Å². The fourth-order valence-electron chi connectivity index (χ4n) is 3.31. The predicted molar refractivity (Wildman–Crippen MR) is 84.9 cm³/mol. The topological polar surface area (TPSA) is 0 Å².